The van der Waals surface area contributed by atoms with Gasteiger partial charge in [0.25, 0.3) is 5.91 Å². The van der Waals surface area contributed by atoms with Crippen LogP contribution in [0.15, 0.2) is 42.5 Å². The van der Waals surface area contributed by atoms with Gasteiger partial charge in [0.1, 0.15) is 5.82 Å². The molecule has 2 N–H and O–H groups in total. The highest BCUT2D eigenvalue weighted by atomic mass is 19.1. The highest BCUT2D eigenvalue weighted by molar-refractivity contribution is 5.94. The van der Waals surface area contributed by atoms with E-state index >= 15 is 0 Å². The first-order valence-corrected chi connectivity index (χ1v) is 8.23. The summed E-state index contributed by atoms with van der Waals surface area (Å²) in [6, 6.07) is 9.20. The molecule has 6 nitrogen and oxygen atoms in total. The van der Waals surface area contributed by atoms with Gasteiger partial charge in [0, 0.05) is 12.6 Å². The first-order chi connectivity index (χ1) is 12.9. The standard InChI is InChI=1S/C20H21FN2O4/c1-4-5-14-6-9-18(19(10-14)26-3)27-12-20(25)23-17-11-15(22-13(2)24)7-8-16(17)21/h4-11H,12H2,1-3H3,(H,22,24)(H,23,25)/b5-4+. The minimum absolute atomic E-state index is 0.0507. The molecular weight excluding hydrogens is 351 g/mol. The number of benzene rings is 2. The molecule has 0 saturated carbocycles. The van der Waals surface area contributed by atoms with E-state index in [4.69, 9.17) is 9.47 Å². The Morgan fingerprint density at radius 3 is 2.56 bits per heavy atom. The van der Waals surface area contributed by atoms with Gasteiger partial charge in [-0.15, -0.1) is 0 Å². The fourth-order valence-corrected chi connectivity index (χ4v) is 2.33. The van der Waals surface area contributed by atoms with Crippen LogP contribution >= 0.6 is 0 Å². The summed E-state index contributed by atoms with van der Waals surface area (Å²) in [6.07, 6.45) is 3.80. The van der Waals surface area contributed by atoms with Crippen LogP contribution in [0.25, 0.3) is 6.08 Å². The second kappa shape index (κ2) is 9.38. The van der Waals surface area contributed by atoms with Gasteiger partial charge in [0.05, 0.1) is 12.8 Å². The Morgan fingerprint density at radius 1 is 1.11 bits per heavy atom. The minimum Gasteiger partial charge on any atom is -0.493 e. The van der Waals surface area contributed by atoms with Crippen molar-refractivity contribution in [2.24, 2.45) is 0 Å². The van der Waals surface area contributed by atoms with Crippen molar-refractivity contribution in [3.05, 3.63) is 53.9 Å². The van der Waals surface area contributed by atoms with Crippen molar-refractivity contribution < 1.29 is 23.5 Å². The molecule has 0 spiro atoms. The Morgan fingerprint density at radius 2 is 1.89 bits per heavy atom. The number of anilines is 2. The number of allylic oxidation sites excluding steroid dienone is 1. The van der Waals surface area contributed by atoms with Crippen LogP contribution in [0, 0.1) is 5.82 Å². The van der Waals surface area contributed by atoms with Crippen LogP contribution in [-0.2, 0) is 9.59 Å². The van der Waals surface area contributed by atoms with E-state index in [2.05, 4.69) is 10.6 Å². The van der Waals surface area contributed by atoms with Crippen molar-refractivity contribution in [3.8, 4) is 11.5 Å². The molecule has 0 unspecified atom stereocenters. The molecule has 2 aromatic rings. The van der Waals surface area contributed by atoms with Gasteiger partial charge >= 0.3 is 0 Å². The Hall–Kier alpha value is -3.35. The van der Waals surface area contributed by atoms with Crippen LogP contribution in [0.4, 0.5) is 15.8 Å². The van der Waals surface area contributed by atoms with E-state index in [1.54, 1.807) is 12.1 Å². The van der Waals surface area contributed by atoms with Gasteiger partial charge in [-0.2, -0.15) is 0 Å². The smallest absolute Gasteiger partial charge is 0.262 e. The lowest BCUT2D eigenvalue weighted by Crippen LogP contribution is -2.21. The van der Waals surface area contributed by atoms with E-state index in [0.717, 1.165) is 11.6 Å². The Kier molecular flexibility index (Phi) is 6.93. The van der Waals surface area contributed by atoms with Gasteiger partial charge in [-0.1, -0.05) is 18.2 Å². The quantitative estimate of drug-likeness (QED) is 0.774. The topological polar surface area (TPSA) is 76.7 Å². The molecule has 2 amide bonds. The summed E-state index contributed by atoms with van der Waals surface area (Å²) in [5.74, 6) is -0.583. The maximum Gasteiger partial charge on any atom is 0.262 e. The molecule has 0 bridgehead atoms. The predicted molar refractivity (Wildman–Crippen MR) is 103 cm³/mol. The highest BCUT2D eigenvalue weighted by Crippen LogP contribution is 2.28. The van der Waals surface area contributed by atoms with E-state index in [9.17, 15) is 14.0 Å². The second-order valence-corrected chi connectivity index (χ2v) is 5.62. The Balaban J connectivity index is 2.03. The summed E-state index contributed by atoms with van der Waals surface area (Å²) in [7, 11) is 1.50. The number of methoxy groups -OCH3 is 1. The molecule has 0 atom stereocenters. The fourth-order valence-electron chi connectivity index (χ4n) is 2.33. The normalized spacial score (nSPS) is 10.5. The monoisotopic (exact) mass is 372 g/mol. The van der Waals surface area contributed by atoms with Gasteiger partial charge in [-0.25, -0.2) is 4.39 Å². The van der Waals surface area contributed by atoms with Crippen molar-refractivity contribution in [1.29, 1.82) is 0 Å². The number of hydrogen-bond acceptors (Lipinski definition) is 4. The molecule has 0 aliphatic heterocycles. The van der Waals surface area contributed by atoms with Gasteiger partial charge in [0.15, 0.2) is 18.1 Å². The molecule has 2 rings (SSSR count). The number of amides is 2. The highest BCUT2D eigenvalue weighted by Gasteiger charge is 2.11. The molecular formula is C20H21FN2O4. The zero-order valence-electron chi connectivity index (χ0n) is 15.3. The number of halogens is 1. The summed E-state index contributed by atoms with van der Waals surface area (Å²) in [4.78, 5) is 23.2. The molecule has 27 heavy (non-hydrogen) atoms. The third-order valence-electron chi connectivity index (χ3n) is 3.47. The Labute approximate surface area is 157 Å². The molecule has 0 fully saturated rings. The molecule has 0 aromatic heterocycles. The molecule has 142 valence electrons. The van der Waals surface area contributed by atoms with Crippen molar-refractivity contribution in [3.63, 3.8) is 0 Å². The minimum atomic E-state index is -0.620. The number of rotatable bonds is 7. The van der Waals surface area contributed by atoms with Crippen LogP contribution in [0.1, 0.15) is 19.4 Å². The lowest BCUT2D eigenvalue weighted by Gasteiger charge is -2.12. The summed E-state index contributed by atoms with van der Waals surface area (Å²) in [6.45, 7) is 2.91. The first kappa shape index (κ1) is 20.0. The van der Waals surface area contributed by atoms with Crippen molar-refractivity contribution in [1.82, 2.24) is 0 Å². The molecule has 0 radical (unpaired) electrons. The second-order valence-electron chi connectivity index (χ2n) is 5.62. The zero-order valence-corrected chi connectivity index (χ0v) is 15.3. The van der Waals surface area contributed by atoms with E-state index < -0.39 is 11.7 Å². The predicted octanol–water partition coefficient (Wildman–Crippen LogP) is 3.84. The zero-order chi connectivity index (χ0) is 19.8. The SMILES string of the molecule is C/C=C/c1ccc(OCC(=O)Nc2cc(NC(C)=O)ccc2F)c(OC)c1. The molecule has 0 heterocycles. The average molecular weight is 372 g/mol. The molecule has 0 aliphatic carbocycles. The number of carbonyl (C=O) groups excluding carboxylic acids is 2. The maximum atomic E-state index is 13.9. The summed E-state index contributed by atoms with van der Waals surface area (Å²) in [5, 5.41) is 4.94. The molecule has 0 saturated heterocycles. The fraction of sp³-hybridized carbons (Fsp3) is 0.200. The summed E-state index contributed by atoms with van der Waals surface area (Å²) < 4.78 is 24.6. The van der Waals surface area contributed by atoms with Gasteiger partial charge in [0.2, 0.25) is 5.91 Å². The van der Waals surface area contributed by atoms with Crippen LogP contribution < -0.4 is 20.1 Å². The van der Waals surface area contributed by atoms with Crippen LogP contribution in [0.2, 0.25) is 0 Å². The number of nitrogens with one attached hydrogen (secondary N) is 2. The number of ether oxygens (including phenoxy) is 2. The lowest BCUT2D eigenvalue weighted by molar-refractivity contribution is -0.118. The van der Waals surface area contributed by atoms with Crippen molar-refractivity contribution in [2.75, 3.05) is 24.4 Å². The third kappa shape index (κ3) is 5.85. The number of carbonyl (C=O) groups is 2. The Bertz CT molecular complexity index is 865. The van der Waals surface area contributed by atoms with Crippen molar-refractivity contribution in [2.45, 2.75) is 13.8 Å². The summed E-state index contributed by atoms with van der Waals surface area (Å²) >= 11 is 0. The number of hydrogen-bond donors (Lipinski definition) is 2. The van der Waals surface area contributed by atoms with Gasteiger partial charge in [-0.05, 0) is 42.8 Å². The van der Waals surface area contributed by atoms with E-state index in [0.29, 0.717) is 17.2 Å². The van der Waals surface area contributed by atoms with Crippen molar-refractivity contribution >= 4 is 29.3 Å². The molecule has 0 aliphatic rings. The first-order valence-electron chi connectivity index (χ1n) is 8.23. The van der Waals surface area contributed by atoms with Crippen LogP contribution in [0.3, 0.4) is 0 Å². The van der Waals surface area contributed by atoms with E-state index in [1.807, 2.05) is 25.1 Å². The van der Waals surface area contributed by atoms with E-state index in [-0.39, 0.29) is 18.2 Å². The average Bonchev–Trinajstić information content (AvgIpc) is 2.63. The molecule has 7 heteroatoms. The third-order valence-corrected chi connectivity index (χ3v) is 3.47. The molecule has 2 aromatic carbocycles. The largest absolute Gasteiger partial charge is 0.493 e. The maximum absolute atomic E-state index is 13.9. The lowest BCUT2D eigenvalue weighted by atomic mass is 10.2. The van der Waals surface area contributed by atoms with Gasteiger partial charge < -0.3 is 20.1 Å². The van der Waals surface area contributed by atoms with Crippen LogP contribution in [-0.4, -0.2) is 25.5 Å². The summed E-state index contributed by atoms with van der Waals surface area (Å²) in [5.41, 5.74) is 1.26. The van der Waals surface area contributed by atoms with Gasteiger partial charge in [-0.3, -0.25) is 9.59 Å². The van der Waals surface area contributed by atoms with Crippen LogP contribution in [0.5, 0.6) is 11.5 Å². The van der Waals surface area contributed by atoms with E-state index in [1.165, 1.54) is 26.2 Å².